The van der Waals surface area contributed by atoms with Crippen molar-refractivity contribution in [1.82, 2.24) is 15.5 Å². The lowest BCUT2D eigenvalue weighted by atomic mass is 9.77. The zero-order valence-electron chi connectivity index (χ0n) is 13.3. The van der Waals surface area contributed by atoms with Crippen LogP contribution in [0.2, 0.25) is 0 Å². The molecule has 1 aliphatic heterocycles. The lowest BCUT2D eigenvalue weighted by molar-refractivity contribution is -0.132. The van der Waals surface area contributed by atoms with E-state index in [0.717, 1.165) is 38.1 Å². The minimum absolute atomic E-state index is 0.0643. The van der Waals surface area contributed by atoms with E-state index in [0.29, 0.717) is 6.54 Å². The first-order chi connectivity index (χ1) is 10.1. The van der Waals surface area contributed by atoms with Crippen molar-refractivity contribution in [2.45, 2.75) is 32.2 Å². The number of nitrogens with zero attached hydrogens (tertiary/aromatic N) is 1. The number of hydrogen-bond donors (Lipinski definition) is 2. The Morgan fingerprint density at radius 1 is 1.57 bits per heavy atom. The highest BCUT2D eigenvalue weighted by atomic mass is 16.3. The van der Waals surface area contributed by atoms with Crippen LogP contribution in [0.3, 0.4) is 0 Å². The lowest BCUT2D eigenvalue weighted by Gasteiger charge is -2.36. The molecule has 0 saturated carbocycles. The van der Waals surface area contributed by atoms with E-state index in [4.69, 9.17) is 4.42 Å². The molecule has 1 aromatic rings. The topological polar surface area (TPSA) is 57.5 Å². The summed E-state index contributed by atoms with van der Waals surface area (Å²) in [6.07, 6.45) is 4.58. The molecule has 1 amide bonds. The van der Waals surface area contributed by atoms with E-state index < -0.39 is 0 Å². The highest BCUT2D eigenvalue weighted by Gasteiger charge is 2.38. The number of nitrogens with one attached hydrogen (secondary N) is 2. The van der Waals surface area contributed by atoms with Gasteiger partial charge in [0.2, 0.25) is 5.91 Å². The third-order valence-corrected chi connectivity index (χ3v) is 4.58. The first-order valence-electron chi connectivity index (χ1n) is 7.78. The molecule has 1 fully saturated rings. The molecule has 0 bridgehead atoms. The normalized spacial score (nSPS) is 24.0. The average Bonchev–Trinajstić information content (AvgIpc) is 3.01. The van der Waals surface area contributed by atoms with Crippen LogP contribution in [0.5, 0.6) is 0 Å². The maximum absolute atomic E-state index is 12.6. The summed E-state index contributed by atoms with van der Waals surface area (Å²) in [6.45, 7) is 4.47. The van der Waals surface area contributed by atoms with Gasteiger partial charge >= 0.3 is 0 Å². The number of likely N-dealkylation sites (N-methyl/N-ethyl adjacent to an activating group) is 1. The Balaban J connectivity index is 1.98. The van der Waals surface area contributed by atoms with E-state index in [9.17, 15) is 4.79 Å². The van der Waals surface area contributed by atoms with Gasteiger partial charge in [-0.05, 0) is 52.0 Å². The Labute approximate surface area is 127 Å². The third-order valence-electron chi connectivity index (χ3n) is 4.58. The second kappa shape index (κ2) is 7.09. The molecular formula is C16H27N3O2. The smallest absolute Gasteiger partial charge is 0.227 e. The van der Waals surface area contributed by atoms with E-state index in [2.05, 4.69) is 22.5 Å². The van der Waals surface area contributed by atoms with Gasteiger partial charge in [0, 0.05) is 13.1 Å². The van der Waals surface area contributed by atoms with Crippen molar-refractivity contribution in [3.05, 3.63) is 24.2 Å². The standard InChI is InChI=1S/C16H27N3O2/c1-4-16(8-6-9-17-12-16)15(20)18-11-13(19(2)3)14-7-5-10-21-14/h5,7,10,13,17H,4,6,8-9,11-12H2,1-3H3,(H,18,20). The predicted molar refractivity (Wildman–Crippen MR) is 83.0 cm³/mol. The zero-order chi connectivity index (χ0) is 15.3. The first-order valence-corrected chi connectivity index (χ1v) is 7.78. The van der Waals surface area contributed by atoms with E-state index >= 15 is 0 Å². The molecule has 0 radical (unpaired) electrons. The molecule has 1 saturated heterocycles. The number of hydrogen-bond acceptors (Lipinski definition) is 4. The van der Waals surface area contributed by atoms with Crippen LogP contribution in [0.1, 0.15) is 38.0 Å². The van der Waals surface area contributed by atoms with E-state index in [1.54, 1.807) is 6.26 Å². The van der Waals surface area contributed by atoms with Crippen molar-refractivity contribution >= 4 is 5.91 Å². The van der Waals surface area contributed by atoms with Crippen molar-refractivity contribution in [2.24, 2.45) is 5.41 Å². The van der Waals surface area contributed by atoms with Crippen LogP contribution in [0.4, 0.5) is 0 Å². The van der Waals surface area contributed by atoms with Crippen LogP contribution in [0.15, 0.2) is 22.8 Å². The molecule has 2 unspecified atom stereocenters. The molecule has 118 valence electrons. The van der Waals surface area contributed by atoms with Gasteiger partial charge in [0.05, 0.1) is 17.7 Å². The summed E-state index contributed by atoms with van der Waals surface area (Å²) in [5.74, 6) is 1.04. The summed E-state index contributed by atoms with van der Waals surface area (Å²) in [4.78, 5) is 14.7. The van der Waals surface area contributed by atoms with Gasteiger partial charge < -0.3 is 15.1 Å². The largest absolute Gasteiger partial charge is 0.468 e. The summed E-state index contributed by atoms with van der Waals surface area (Å²) in [6, 6.07) is 3.90. The Kier molecular flexibility index (Phi) is 5.42. The summed E-state index contributed by atoms with van der Waals surface area (Å²) in [5.41, 5.74) is -0.252. The maximum Gasteiger partial charge on any atom is 0.227 e. The summed E-state index contributed by atoms with van der Waals surface area (Å²) < 4.78 is 5.48. The van der Waals surface area contributed by atoms with Gasteiger partial charge in [0.15, 0.2) is 0 Å². The number of furan rings is 1. The van der Waals surface area contributed by atoms with Crippen LogP contribution in [-0.2, 0) is 4.79 Å². The highest BCUT2D eigenvalue weighted by Crippen LogP contribution is 2.30. The molecule has 5 nitrogen and oxygen atoms in total. The average molecular weight is 293 g/mol. The summed E-state index contributed by atoms with van der Waals surface area (Å²) in [7, 11) is 3.99. The fourth-order valence-corrected chi connectivity index (χ4v) is 3.02. The molecule has 1 aromatic heterocycles. The highest BCUT2D eigenvalue weighted by molar-refractivity contribution is 5.83. The third kappa shape index (κ3) is 3.66. The van der Waals surface area contributed by atoms with Gasteiger partial charge in [-0.1, -0.05) is 6.92 Å². The van der Waals surface area contributed by atoms with Crippen molar-refractivity contribution in [3.63, 3.8) is 0 Å². The zero-order valence-corrected chi connectivity index (χ0v) is 13.3. The van der Waals surface area contributed by atoms with E-state index in [1.807, 2.05) is 26.2 Å². The van der Waals surface area contributed by atoms with Crippen LogP contribution < -0.4 is 10.6 Å². The molecule has 2 heterocycles. The molecule has 1 aliphatic rings. The predicted octanol–water partition coefficient (Wildman–Crippen LogP) is 1.78. The molecule has 2 atom stereocenters. The van der Waals surface area contributed by atoms with Gasteiger partial charge in [0.1, 0.15) is 5.76 Å². The fraction of sp³-hybridized carbons (Fsp3) is 0.688. The molecular weight excluding hydrogens is 266 g/mol. The summed E-state index contributed by atoms with van der Waals surface area (Å²) in [5, 5.41) is 6.49. The van der Waals surface area contributed by atoms with Crippen molar-refractivity contribution in [2.75, 3.05) is 33.7 Å². The van der Waals surface area contributed by atoms with Crippen LogP contribution in [0, 0.1) is 5.41 Å². The van der Waals surface area contributed by atoms with Gasteiger partial charge in [-0.3, -0.25) is 9.69 Å². The maximum atomic E-state index is 12.6. The van der Waals surface area contributed by atoms with Crippen LogP contribution in [-0.4, -0.2) is 44.5 Å². The van der Waals surface area contributed by atoms with E-state index in [1.165, 1.54) is 0 Å². The number of amides is 1. The molecule has 0 spiro atoms. The van der Waals surface area contributed by atoms with Gasteiger partial charge in [-0.25, -0.2) is 0 Å². The van der Waals surface area contributed by atoms with Crippen LogP contribution >= 0.6 is 0 Å². The van der Waals surface area contributed by atoms with E-state index in [-0.39, 0.29) is 17.4 Å². The van der Waals surface area contributed by atoms with Gasteiger partial charge in [-0.2, -0.15) is 0 Å². The SMILES string of the molecule is CCC1(C(=O)NCC(c2ccco2)N(C)C)CCCNC1. The molecule has 5 heteroatoms. The minimum Gasteiger partial charge on any atom is -0.468 e. The Morgan fingerprint density at radius 3 is 2.90 bits per heavy atom. The monoisotopic (exact) mass is 293 g/mol. The molecule has 0 aromatic carbocycles. The van der Waals surface area contributed by atoms with Crippen molar-refractivity contribution in [1.29, 1.82) is 0 Å². The first kappa shape index (κ1) is 16.0. The Bertz CT molecular complexity index is 436. The van der Waals surface area contributed by atoms with Crippen LogP contribution in [0.25, 0.3) is 0 Å². The second-order valence-electron chi connectivity index (χ2n) is 6.12. The molecule has 2 N–H and O–H groups in total. The number of piperidine rings is 1. The lowest BCUT2D eigenvalue weighted by Crippen LogP contribution is -2.51. The number of carbonyl (C=O) groups is 1. The van der Waals surface area contributed by atoms with Crippen molar-refractivity contribution in [3.8, 4) is 0 Å². The fourth-order valence-electron chi connectivity index (χ4n) is 3.02. The Hall–Kier alpha value is -1.33. The second-order valence-corrected chi connectivity index (χ2v) is 6.12. The number of carbonyl (C=O) groups excluding carboxylic acids is 1. The molecule has 2 rings (SSSR count). The van der Waals surface area contributed by atoms with Crippen molar-refractivity contribution < 1.29 is 9.21 Å². The Morgan fingerprint density at radius 2 is 2.38 bits per heavy atom. The summed E-state index contributed by atoms with van der Waals surface area (Å²) >= 11 is 0. The van der Waals surface area contributed by atoms with Gasteiger partial charge in [-0.15, -0.1) is 0 Å². The minimum atomic E-state index is -0.252. The molecule has 0 aliphatic carbocycles. The number of rotatable bonds is 6. The quantitative estimate of drug-likeness (QED) is 0.839. The molecule has 21 heavy (non-hydrogen) atoms. The van der Waals surface area contributed by atoms with Gasteiger partial charge in [0.25, 0.3) is 0 Å².